The lowest BCUT2D eigenvalue weighted by atomic mass is 10.2. The van der Waals surface area contributed by atoms with Gasteiger partial charge < -0.3 is 4.74 Å². The van der Waals surface area contributed by atoms with Crippen LogP contribution in [0.2, 0.25) is 0 Å². The maximum absolute atomic E-state index is 12.7. The van der Waals surface area contributed by atoms with Gasteiger partial charge in [-0.3, -0.25) is 0 Å². The highest BCUT2D eigenvalue weighted by Crippen LogP contribution is 2.28. The number of rotatable bonds is 4. The molecule has 0 aromatic heterocycles. The molecule has 2 atom stereocenters. The largest absolute Gasteiger partial charge is 0.479 e. The van der Waals surface area contributed by atoms with E-state index in [0.29, 0.717) is 0 Å². The Bertz CT molecular complexity index is 399. The first kappa shape index (κ1) is 13.3. The molecule has 0 aliphatic carbocycles. The first-order chi connectivity index (χ1) is 7.95. The summed E-state index contributed by atoms with van der Waals surface area (Å²) in [6.45, 7) is 1.14. The molecular weight excluding hydrogens is 235 g/mol. The van der Waals surface area contributed by atoms with E-state index < -0.39 is 18.3 Å². The molecular formula is C11H10F3NO2. The van der Waals surface area contributed by atoms with Crippen LogP contribution in [0.15, 0.2) is 35.3 Å². The van der Waals surface area contributed by atoms with E-state index in [1.165, 1.54) is 12.1 Å². The highest BCUT2D eigenvalue weighted by Gasteiger charge is 2.45. The quantitative estimate of drug-likeness (QED) is 0.604. The number of nitrogens with zero attached hydrogens (tertiary/aromatic N) is 1. The summed E-state index contributed by atoms with van der Waals surface area (Å²) < 4.78 is 42.8. The van der Waals surface area contributed by atoms with Crippen molar-refractivity contribution in [3.8, 4) is 5.75 Å². The number of halogens is 3. The average Bonchev–Trinajstić information content (AvgIpc) is 2.26. The molecule has 0 heterocycles. The van der Waals surface area contributed by atoms with E-state index in [0.717, 1.165) is 13.0 Å². The molecule has 0 aliphatic rings. The Morgan fingerprint density at radius 2 is 1.88 bits per heavy atom. The molecule has 3 nitrogen and oxygen atoms in total. The third-order valence-corrected chi connectivity index (χ3v) is 2.02. The van der Waals surface area contributed by atoms with E-state index in [4.69, 9.17) is 4.74 Å². The highest BCUT2D eigenvalue weighted by molar-refractivity contribution is 5.33. The Labute approximate surface area is 95.9 Å². The lowest BCUT2D eigenvalue weighted by Gasteiger charge is -2.23. The second kappa shape index (κ2) is 5.50. The van der Waals surface area contributed by atoms with Crippen LogP contribution in [0.25, 0.3) is 0 Å². The van der Waals surface area contributed by atoms with Crippen LogP contribution in [-0.2, 0) is 4.79 Å². The molecule has 1 aromatic rings. The summed E-state index contributed by atoms with van der Waals surface area (Å²) >= 11 is 0. The van der Waals surface area contributed by atoms with Crippen molar-refractivity contribution in [1.82, 2.24) is 0 Å². The first-order valence-electron chi connectivity index (χ1n) is 4.80. The van der Waals surface area contributed by atoms with E-state index >= 15 is 0 Å². The second-order valence-corrected chi connectivity index (χ2v) is 3.35. The molecule has 1 aromatic carbocycles. The van der Waals surface area contributed by atoms with Crippen LogP contribution >= 0.6 is 0 Å². The molecule has 1 rings (SSSR count). The molecule has 0 spiro atoms. The van der Waals surface area contributed by atoms with Crippen LogP contribution in [0.4, 0.5) is 13.2 Å². The Hall–Kier alpha value is -1.81. The van der Waals surface area contributed by atoms with Crippen molar-refractivity contribution in [2.24, 2.45) is 4.99 Å². The van der Waals surface area contributed by atoms with Crippen molar-refractivity contribution in [3.63, 3.8) is 0 Å². The van der Waals surface area contributed by atoms with Crippen LogP contribution in [0.1, 0.15) is 6.92 Å². The molecule has 0 fully saturated rings. The summed E-state index contributed by atoms with van der Waals surface area (Å²) in [5.41, 5.74) is 0. The highest BCUT2D eigenvalue weighted by atomic mass is 19.4. The minimum atomic E-state index is -4.60. The van der Waals surface area contributed by atoms with E-state index in [9.17, 15) is 18.0 Å². The molecule has 1 unspecified atom stereocenters. The third-order valence-electron chi connectivity index (χ3n) is 2.02. The number of hydrogen-bond donors (Lipinski definition) is 0. The molecule has 0 radical (unpaired) electrons. The Morgan fingerprint density at radius 1 is 1.29 bits per heavy atom. The Morgan fingerprint density at radius 3 is 2.35 bits per heavy atom. The fourth-order valence-corrected chi connectivity index (χ4v) is 1.24. The van der Waals surface area contributed by atoms with Crippen LogP contribution < -0.4 is 4.74 Å². The van der Waals surface area contributed by atoms with Crippen LogP contribution in [0.5, 0.6) is 5.75 Å². The fourth-order valence-electron chi connectivity index (χ4n) is 1.24. The van der Waals surface area contributed by atoms with Crippen molar-refractivity contribution in [1.29, 1.82) is 0 Å². The van der Waals surface area contributed by atoms with Crippen molar-refractivity contribution in [2.75, 3.05) is 0 Å². The van der Waals surface area contributed by atoms with E-state index in [1.54, 1.807) is 18.2 Å². The maximum Gasteiger partial charge on any atom is 0.427 e. The zero-order valence-electron chi connectivity index (χ0n) is 8.94. The fraction of sp³-hybridized carbons (Fsp3) is 0.364. The predicted molar refractivity (Wildman–Crippen MR) is 54.5 cm³/mol. The normalized spacial score (nSPS) is 14.6. The molecule has 17 heavy (non-hydrogen) atoms. The van der Waals surface area contributed by atoms with Gasteiger partial charge in [-0.1, -0.05) is 18.2 Å². The van der Waals surface area contributed by atoms with E-state index in [1.807, 2.05) is 0 Å². The second-order valence-electron chi connectivity index (χ2n) is 3.35. The Balaban J connectivity index is 2.89. The molecule has 92 valence electrons. The number of isocyanates is 1. The van der Waals surface area contributed by atoms with Gasteiger partial charge in [-0.15, -0.1) is 0 Å². The third kappa shape index (κ3) is 3.92. The van der Waals surface area contributed by atoms with Gasteiger partial charge in [-0.25, -0.2) is 4.79 Å². The minimum Gasteiger partial charge on any atom is -0.479 e. The Kier molecular flexibility index (Phi) is 4.29. The predicted octanol–water partition coefficient (Wildman–Crippen LogP) is 2.72. The molecule has 0 saturated carbocycles. The molecule has 0 bridgehead atoms. The van der Waals surface area contributed by atoms with Gasteiger partial charge in [0.25, 0.3) is 0 Å². The molecule has 0 N–H and O–H groups in total. The summed E-state index contributed by atoms with van der Waals surface area (Å²) in [7, 11) is 0. The van der Waals surface area contributed by atoms with E-state index in [2.05, 4.69) is 4.99 Å². The monoisotopic (exact) mass is 245 g/mol. The SMILES string of the molecule is C[C@H](N=C=O)C(Oc1ccccc1)C(F)(F)F. The smallest absolute Gasteiger partial charge is 0.427 e. The number of hydrogen-bond acceptors (Lipinski definition) is 3. The molecule has 0 saturated heterocycles. The zero-order chi connectivity index (χ0) is 12.9. The number of benzene rings is 1. The maximum atomic E-state index is 12.7. The number of ether oxygens (including phenoxy) is 1. The van der Waals surface area contributed by atoms with Gasteiger partial charge in [0, 0.05) is 0 Å². The van der Waals surface area contributed by atoms with E-state index in [-0.39, 0.29) is 5.75 Å². The molecule has 0 aliphatic heterocycles. The van der Waals surface area contributed by atoms with Crippen molar-refractivity contribution >= 4 is 6.08 Å². The van der Waals surface area contributed by atoms with Crippen molar-refractivity contribution in [2.45, 2.75) is 25.2 Å². The van der Waals surface area contributed by atoms with Crippen LogP contribution in [-0.4, -0.2) is 24.4 Å². The summed E-state index contributed by atoms with van der Waals surface area (Å²) in [6.07, 6.45) is -5.66. The lowest BCUT2D eigenvalue weighted by molar-refractivity contribution is -0.199. The molecule has 0 amide bonds. The number of para-hydroxylation sites is 1. The topological polar surface area (TPSA) is 38.7 Å². The van der Waals surface area contributed by atoms with Gasteiger partial charge in [0.15, 0.2) is 0 Å². The van der Waals surface area contributed by atoms with Gasteiger partial charge in [-0.2, -0.15) is 18.2 Å². The minimum absolute atomic E-state index is 0.0720. The summed E-state index contributed by atoms with van der Waals surface area (Å²) in [5.74, 6) is 0.0720. The lowest BCUT2D eigenvalue weighted by Crippen LogP contribution is -2.42. The summed E-state index contributed by atoms with van der Waals surface area (Å²) in [6, 6.07) is 6.22. The van der Waals surface area contributed by atoms with Crippen LogP contribution in [0.3, 0.4) is 0 Å². The summed E-state index contributed by atoms with van der Waals surface area (Å²) in [5, 5.41) is 0. The van der Waals surface area contributed by atoms with Crippen LogP contribution in [0, 0.1) is 0 Å². The number of carbonyl (C=O) groups excluding carboxylic acids is 1. The van der Waals surface area contributed by atoms with Gasteiger partial charge in [0.05, 0.1) is 0 Å². The van der Waals surface area contributed by atoms with Crippen molar-refractivity contribution < 1.29 is 22.7 Å². The van der Waals surface area contributed by atoms with Gasteiger partial charge in [0.2, 0.25) is 12.2 Å². The standard InChI is InChI=1S/C11H10F3NO2/c1-8(15-7-16)10(11(12,13)14)17-9-5-3-2-4-6-9/h2-6,8,10H,1H3/t8-,10?/m0/s1. The van der Waals surface area contributed by atoms with Gasteiger partial charge >= 0.3 is 6.18 Å². The van der Waals surface area contributed by atoms with Crippen molar-refractivity contribution in [3.05, 3.63) is 30.3 Å². The average molecular weight is 245 g/mol. The zero-order valence-corrected chi connectivity index (χ0v) is 8.94. The van der Waals surface area contributed by atoms with Gasteiger partial charge in [0.1, 0.15) is 11.8 Å². The first-order valence-corrected chi connectivity index (χ1v) is 4.80. The number of alkyl halides is 3. The van der Waals surface area contributed by atoms with Gasteiger partial charge in [-0.05, 0) is 19.1 Å². The molecule has 6 heteroatoms. The number of aliphatic imine (C=N–C) groups is 1. The summed E-state index contributed by atoms with van der Waals surface area (Å²) in [4.78, 5) is 13.0.